The molecule has 178 valence electrons. The number of ether oxygens (including phenoxy) is 2. The maximum absolute atomic E-state index is 5.88. The summed E-state index contributed by atoms with van der Waals surface area (Å²) in [4.78, 5) is 0. The van der Waals surface area contributed by atoms with Crippen molar-refractivity contribution in [3.63, 3.8) is 0 Å². The lowest BCUT2D eigenvalue weighted by atomic mass is 9.75. The summed E-state index contributed by atoms with van der Waals surface area (Å²) in [7, 11) is 3.45. The Morgan fingerprint density at radius 3 is 1.28 bits per heavy atom. The smallest absolute Gasteiger partial charge is 0.133 e. The molecule has 6 rings (SSSR count). The van der Waals surface area contributed by atoms with Crippen LogP contribution in [0.25, 0.3) is 22.6 Å². The monoisotopic (exact) mass is 474 g/mol. The second-order valence-corrected chi connectivity index (χ2v) is 8.84. The van der Waals surface area contributed by atoms with Gasteiger partial charge >= 0.3 is 0 Å². The van der Waals surface area contributed by atoms with E-state index in [1.807, 2.05) is 36.4 Å². The van der Waals surface area contributed by atoms with Crippen LogP contribution in [0.2, 0.25) is 0 Å². The Hall–Kier alpha value is -4.44. The Morgan fingerprint density at radius 2 is 0.944 bits per heavy atom. The molecule has 0 fully saturated rings. The minimum atomic E-state index is 0.0364. The molecule has 3 aromatic carbocycles. The second kappa shape index (κ2) is 9.31. The van der Waals surface area contributed by atoms with Gasteiger partial charge in [-0.25, -0.2) is 0 Å². The fourth-order valence-electron chi connectivity index (χ4n) is 5.16. The van der Waals surface area contributed by atoms with E-state index in [0.29, 0.717) is 0 Å². The lowest BCUT2D eigenvalue weighted by molar-refractivity contribution is 0.392. The molecule has 0 amide bonds. The first-order valence-corrected chi connectivity index (χ1v) is 12.0. The van der Waals surface area contributed by atoms with Crippen molar-refractivity contribution in [2.75, 3.05) is 14.2 Å². The third kappa shape index (κ3) is 3.81. The van der Waals surface area contributed by atoms with Crippen LogP contribution < -0.4 is 9.47 Å². The number of fused-ring (bicyclic) bond motifs is 1. The first-order chi connectivity index (χ1) is 17.8. The quantitative estimate of drug-likeness (QED) is 0.234. The van der Waals surface area contributed by atoms with Gasteiger partial charge in [0.2, 0.25) is 0 Å². The van der Waals surface area contributed by atoms with E-state index < -0.39 is 0 Å². The van der Waals surface area contributed by atoms with E-state index in [0.717, 1.165) is 45.3 Å². The predicted molar refractivity (Wildman–Crippen MR) is 141 cm³/mol. The topological polar surface area (TPSA) is 44.7 Å². The van der Waals surface area contributed by atoms with Crippen LogP contribution in [0, 0.1) is 0 Å². The molecule has 0 N–H and O–H groups in total. The predicted octanol–water partition coefficient (Wildman–Crippen LogP) is 8.06. The molecule has 0 saturated heterocycles. The van der Waals surface area contributed by atoms with Crippen molar-refractivity contribution in [3.05, 3.63) is 132 Å². The number of hydrogen-bond acceptors (Lipinski definition) is 4. The average Bonchev–Trinajstić information content (AvgIpc) is 3.67. The summed E-state index contributed by atoms with van der Waals surface area (Å²) < 4.78 is 22.9. The van der Waals surface area contributed by atoms with Crippen molar-refractivity contribution in [2.24, 2.45) is 0 Å². The maximum Gasteiger partial charge on any atom is 0.133 e. The normalized spacial score (nSPS) is 16.5. The number of hydrogen-bond donors (Lipinski definition) is 0. The van der Waals surface area contributed by atoms with E-state index in [9.17, 15) is 0 Å². The van der Waals surface area contributed by atoms with Gasteiger partial charge in [-0.05, 0) is 47.5 Å². The van der Waals surface area contributed by atoms with E-state index >= 15 is 0 Å². The zero-order valence-electron chi connectivity index (χ0n) is 20.2. The SMILES string of the molecule is COc1ccc(OC)c2c1[C@@H](c1ccc(-c3ccco3)cc1)C=C[C@H]2c1ccc(-c2ccco2)cc1. The van der Waals surface area contributed by atoms with Crippen LogP contribution in [0.4, 0.5) is 0 Å². The number of methoxy groups -OCH3 is 2. The molecule has 2 aromatic heterocycles. The van der Waals surface area contributed by atoms with Gasteiger partial charge in [-0.15, -0.1) is 0 Å². The van der Waals surface area contributed by atoms with Crippen LogP contribution in [0.5, 0.6) is 11.5 Å². The molecule has 0 radical (unpaired) electrons. The zero-order chi connectivity index (χ0) is 24.5. The highest BCUT2D eigenvalue weighted by Crippen LogP contribution is 2.49. The van der Waals surface area contributed by atoms with Crippen molar-refractivity contribution in [1.82, 2.24) is 0 Å². The summed E-state index contributed by atoms with van der Waals surface area (Å²) in [5.41, 5.74) is 6.73. The molecule has 2 atom stereocenters. The fraction of sp³-hybridized carbons (Fsp3) is 0.125. The summed E-state index contributed by atoms with van der Waals surface area (Å²) in [6.07, 6.45) is 7.94. The Labute approximate surface area is 210 Å². The van der Waals surface area contributed by atoms with Crippen LogP contribution in [0.3, 0.4) is 0 Å². The Bertz CT molecular complexity index is 1360. The number of allylic oxidation sites excluding steroid dienone is 2. The first kappa shape index (κ1) is 22.1. The lowest BCUT2D eigenvalue weighted by Gasteiger charge is -2.30. The molecule has 1 aliphatic carbocycles. The second-order valence-electron chi connectivity index (χ2n) is 8.84. The summed E-state index contributed by atoms with van der Waals surface area (Å²) in [6, 6.07) is 28.8. The van der Waals surface area contributed by atoms with Gasteiger partial charge in [-0.2, -0.15) is 0 Å². The fourth-order valence-corrected chi connectivity index (χ4v) is 5.16. The third-order valence-corrected chi connectivity index (χ3v) is 6.92. The first-order valence-electron chi connectivity index (χ1n) is 12.0. The van der Waals surface area contributed by atoms with Crippen molar-refractivity contribution in [1.29, 1.82) is 0 Å². The summed E-state index contributed by atoms with van der Waals surface area (Å²) in [5, 5.41) is 0. The highest BCUT2D eigenvalue weighted by atomic mass is 16.5. The molecule has 0 aliphatic heterocycles. The molecule has 0 saturated carbocycles. The van der Waals surface area contributed by atoms with Crippen molar-refractivity contribution >= 4 is 0 Å². The molecule has 5 aromatic rings. The molecule has 36 heavy (non-hydrogen) atoms. The van der Waals surface area contributed by atoms with Crippen LogP contribution in [-0.2, 0) is 0 Å². The Morgan fingerprint density at radius 1 is 0.528 bits per heavy atom. The molecule has 4 heteroatoms. The van der Waals surface area contributed by atoms with Crippen LogP contribution >= 0.6 is 0 Å². The van der Waals surface area contributed by atoms with Gasteiger partial charge < -0.3 is 18.3 Å². The molecule has 0 unspecified atom stereocenters. The van der Waals surface area contributed by atoms with Crippen molar-refractivity contribution in [3.8, 4) is 34.1 Å². The van der Waals surface area contributed by atoms with Gasteiger partial charge in [0.1, 0.15) is 23.0 Å². The van der Waals surface area contributed by atoms with E-state index in [-0.39, 0.29) is 11.8 Å². The van der Waals surface area contributed by atoms with Crippen LogP contribution in [0.15, 0.2) is 118 Å². The zero-order valence-corrected chi connectivity index (χ0v) is 20.2. The highest BCUT2D eigenvalue weighted by molar-refractivity contribution is 5.65. The summed E-state index contributed by atoms with van der Waals surface area (Å²) in [6.45, 7) is 0. The summed E-state index contributed by atoms with van der Waals surface area (Å²) >= 11 is 0. The van der Waals surface area contributed by atoms with E-state index in [4.69, 9.17) is 18.3 Å². The molecule has 0 spiro atoms. The standard InChI is InChI=1S/C32H26O4/c1-33-29-17-18-30(34-2)32-26(22-9-13-24(14-10-22)28-6-4-20-36-28)16-15-25(31(29)32)21-7-11-23(12-8-21)27-5-3-19-35-27/h3-20,25-26H,1-2H3/t25-,26+. The van der Waals surface area contributed by atoms with Crippen LogP contribution in [-0.4, -0.2) is 14.2 Å². The third-order valence-electron chi connectivity index (χ3n) is 6.92. The maximum atomic E-state index is 5.88. The van der Waals surface area contributed by atoms with Crippen molar-refractivity contribution in [2.45, 2.75) is 11.8 Å². The minimum absolute atomic E-state index is 0.0364. The number of furan rings is 2. The number of benzene rings is 3. The Kier molecular flexibility index (Phi) is 5.70. The largest absolute Gasteiger partial charge is 0.496 e. The van der Waals surface area contributed by atoms with E-state index in [1.54, 1.807) is 26.7 Å². The van der Waals surface area contributed by atoms with Gasteiger partial charge in [0.05, 0.1) is 26.7 Å². The van der Waals surface area contributed by atoms with Gasteiger partial charge in [-0.3, -0.25) is 0 Å². The van der Waals surface area contributed by atoms with Gasteiger partial charge in [0.15, 0.2) is 0 Å². The van der Waals surface area contributed by atoms with Gasteiger partial charge in [0.25, 0.3) is 0 Å². The molecule has 4 nitrogen and oxygen atoms in total. The summed E-state index contributed by atoms with van der Waals surface area (Å²) in [5.74, 6) is 3.50. The molecular weight excluding hydrogens is 448 g/mol. The lowest BCUT2D eigenvalue weighted by Crippen LogP contribution is -2.15. The van der Waals surface area contributed by atoms with Gasteiger partial charge in [0, 0.05) is 34.1 Å². The molecular formula is C32H26O4. The van der Waals surface area contributed by atoms with Crippen molar-refractivity contribution < 1.29 is 18.3 Å². The van der Waals surface area contributed by atoms with E-state index in [1.165, 1.54) is 11.1 Å². The number of rotatable bonds is 6. The van der Waals surface area contributed by atoms with Crippen LogP contribution in [0.1, 0.15) is 34.1 Å². The Balaban J connectivity index is 1.43. The molecule has 2 heterocycles. The minimum Gasteiger partial charge on any atom is -0.496 e. The average molecular weight is 475 g/mol. The molecule has 1 aliphatic rings. The van der Waals surface area contributed by atoms with Gasteiger partial charge in [-0.1, -0.05) is 60.7 Å². The molecule has 0 bridgehead atoms. The van der Waals surface area contributed by atoms with E-state index in [2.05, 4.69) is 60.7 Å². The highest BCUT2D eigenvalue weighted by Gasteiger charge is 2.31.